The average molecular weight is 331 g/mol. The van der Waals surface area contributed by atoms with Gasteiger partial charge in [-0.3, -0.25) is 9.36 Å². The molecular formula is C17H12Cl2N2O. The number of benzene rings is 1. The zero-order chi connectivity index (χ0) is 15.3. The second kappa shape index (κ2) is 5.11. The maximum atomic E-state index is 12.6. The van der Waals surface area contributed by atoms with Gasteiger partial charge in [-0.15, -0.1) is 0 Å². The fourth-order valence-corrected chi connectivity index (χ4v) is 3.72. The van der Waals surface area contributed by atoms with Crippen molar-refractivity contribution in [2.75, 3.05) is 0 Å². The first-order valence-electron chi connectivity index (χ1n) is 7.13. The van der Waals surface area contributed by atoms with Crippen molar-refractivity contribution in [3.05, 3.63) is 68.1 Å². The normalized spacial score (nSPS) is 13.5. The van der Waals surface area contributed by atoms with Gasteiger partial charge in [-0.05, 0) is 49.6 Å². The molecule has 3 aromatic rings. The van der Waals surface area contributed by atoms with E-state index in [0.717, 1.165) is 36.2 Å². The minimum absolute atomic E-state index is 0.0972. The second-order valence-corrected chi connectivity index (χ2v) is 6.32. The number of pyridine rings is 2. The molecular weight excluding hydrogens is 319 g/mol. The maximum Gasteiger partial charge on any atom is 0.194 e. The Hall–Kier alpha value is -1.84. The van der Waals surface area contributed by atoms with E-state index < -0.39 is 0 Å². The lowest BCUT2D eigenvalue weighted by Crippen LogP contribution is -2.17. The molecule has 1 aliphatic carbocycles. The SMILES string of the molecule is O=c1c2c(n(-c3cc(Cl)cc(Cl)c3)c3ncccc13)CCC2. The number of halogens is 2. The largest absolute Gasteiger partial charge is 0.298 e. The topological polar surface area (TPSA) is 34.9 Å². The third kappa shape index (κ3) is 2.04. The van der Waals surface area contributed by atoms with Crippen LogP contribution in [0.25, 0.3) is 16.7 Å². The van der Waals surface area contributed by atoms with Crippen LogP contribution in [0.4, 0.5) is 0 Å². The molecule has 0 fully saturated rings. The fourth-order valence-electron chi connectivity index (χ4n) is 3.21. The van der Waals surface area contributed by atoms with E-state index in [2.05, 4.69) is 4.98 Å². The van der Waals surface area contributed by atoms with Gasteiger partial charge in [0.2, 0.25) is 0 Å². The molecule has 0 saturated heterocycles. The Morgan fingerprint density at radius 3 is 2.64 bits per heavy atom. The van der Waals surface area contributed by atoms with Crippen LogP contribution in [0.5, 0.6) is 0 Å². The molecule has 4 rings (SSSR count). The quantitative estimate of drug-likeness (QED) is 0.670. The molecule has 3 nitrogen and oxygen atoms in total. The van der Waals surface area contributed by atoms with Crippen molar-refractivity contribution in [2.24, 2.45) is 0 Å². The Morgan fingerprint density at radius 2 is 1.86 bits per heavy atom. The van der Waals surface area contributed by atoms with Gasteiger partial charge < -0.3 is 0 Å². The number of nitrogens with zero attached hydrogens (tertiary/aromatic N) is 2. The van der Waals surface area contributed by atoms with Crippen molar-refractivity contribution in [1.82, 2.24) is 9.55 Å². The van der Waals surface area contributed by atoms with Crippen LogP contribution in [0.15, 0.2) is 41.3 Å². The van der Waals surface area contributed by atoms with Gasteiger partial charge in [0.25, 0.3) is 0 Å². The Bertz CT molecular complexity index is 943. The van der Waals surface area contributed by atoms with Crippen molar-refractivity contribution in [2.45, 2.75) is 19.3 Å². The van der Waals surface area contributed by atoms with Gasteiger partial charge in [0.05, 0.1) is 11.1 Å². The molecule has 1 aromatic carbocycles. The molecule has 0 amide bonds. The van der Waals surface area contributed by atoms with Crippen LogP contribution in [0.3, 0.4) is 0 Å². The lowest BCUT2D eigenvalue weighted by atomic mass is 10.1. The average Bonchev–Trinajstić information content (AvgIpc) is 2.96. The smallest absolute Gasteiger partial charge is 0.194 e. The molecule has 0 spiro atoms. The number of hydrogen-bond acceptors (Lipinski definition) is 2. The first kappa shape index (κ1) is 13.8. The molecule has 0 unspecified atom stereocenters. The summed E-state index contributed by atoms with van der Waals surface area (Å²) in [4.78, 5) is 17.1. The predicted octanol–water partition coefficient (Wildman–Crippen LogP) is 4.18. The molecule has 0 atom stereocenters. The molecule has 0 bridgehead atoms. The van der Waals surface area contributed by atoms with Gasteiger partial charge >= 0.3 is 0 Å². The zero-order valence-electron chi connectivity index (χ0n) is 11.6. The minimum Gasteiger partial charge on any atom is -0.298 e. The number of hydrogen-bond donors (Lipinski definition) is 0. The summed E-state index contributed by atoms with van der Waals surface area (Å²) in [6, 6.07) is 9.02. The lowest BCUT2D eigenvalue weighted by Gasteiger charge is -2.16. The van der Waals surface area contributed by atoms with E-state index in [-0.39, 0.29) is 5.43 Å². The van der Waals surface area contributed by atoms with Gasteiger partial charge in [0.1, 0.15) is 5.65 Å². The molecule has 5 heteroatoms. The molecule has 0 saturated carbocycles. The molecule has 0 N–H and O–H groups in total. The predicted molar refractivity (Wildman–Crippen MR) is 89.4 cm³/mol. The number of rotatable bonds is 1. The van der Waals surface area contributed by atoms with Crippen LogP contribution in [0, 0.1) is 0 Å². The summed E-state index contributed by atoms with van der Waals surface area (Å²) in [6.07, 6.45) is 4.36. The molecule has 0 radical (unpaired) electrons. The summed E-state index contributed by atoms with van der Waals surface area (Å²) in [7, 11) is 0. The van der Waals surface area contributed by atoms with E-state index in [0.29, 0.717) is 21.1 Å². The fraction of sp³-hybridized carbons (Fsp3) is 0.176. The van der Waals surface area contributed by atoms with Gasteiger partial charge in [-0.1, -0.05) is 23.2 Å². The molecule has 0 aliphatic heterocycles. The standard InChI is InChI=1S/C17H12Cl2N2O/c18-10-7-11(19)9-12(8-10)21-15-5-1-3-13(15)16(22)14-4-2-6-20-17(14)21/h2,4,6-9H,1,3,5H2. The monoisotopic (exact) mass is 330 g/mol. The lowest BCUT2D eigenvalue weighted by molar-refractivity contribution is 0.873. The second-order valence-electron chi connectivity index (χ2n) is 5.45. The summed E-state index contributed by atoms with van der Waals surface area (Å²) >= 11 is 12.3. The third-order valence-electron chi connectivity index (χ3n) is 4.08. The van der Waals surface area contributed by atoms with Crippen LogP contribution in [0.1, 0.15) is 17.7 Å². The van der Waals surface area contributed by atoms with Gasteiger partial charge in [-0.2, -0.15) is 0 Å². The van der Waals surface area contributed by atoms with Crippen LogP contribution >= 0.6 is 23.2 Å². The van der Waals surface area contributed by atoms with Crippen molar-refractivity contribution < 1.29 is 0 Å². The molecule has 110 valence electrons. The highest BCUT2D eigenvalue weighted by Gasteiger charge is 2.22. The Morgan fingerprint density at radius 1 is 1.09 bits per heavy atom. The molecule has 22 heavy (non-hydrogen) atoms. The van der Waals surface area contributed by atoms with Crippen molar-refractivity contribution in [1.29, 1.82) is 0 Å². The minimum atomic E-state index is 0.0972. The summed E-state index contributed by atoms with van der Waals surface area (Å²) < 4.78 is 2.02. The third-order valence-corrected chi connectivity index (χ3v) is 4.52. The maximum absolute atomic E-state index is 12.6. The highest BCUT2D eigenvalue weighted by atomic mass is 35.5. The summed E-state index contributed by atoms with van der Waals surface area (Å²) in [5.74, 6) is 0. The Kier molecular flexibility index (Phi) is 3.21. The first-order chi connectivity index (χ1) is 10.6. The molecule has 1 aliphatic rings. The van der Waals surface area contributed by atoms with Gasteiger partial charge in [0, 0.05) is 27.5 Å². The zero-order valence-corrected chi connectivity index (χ0v) is 13.2. The molecule has 2 aromatic heterocycles. The van der Waals surface area contributed by atoms with Gasteiger partial charge in [-0.25, -0.2) is 4.98 Å². The van der Waals surface area contributed by atoms with Crippen LogP contribution < -0.4 is 5.43 Å². The van der Waals surface area contributed by atoms with E-state index >= 15 is 0 Å². The van der Waals surface area contributed by atoms with Crippen molar-refractivity contribution in [3.63, 3.8) is 0 Å². The Labute approximate surface area is 137 Å². The van der Waals surface area contributed by atoms with Crippen molar-refractivity contribution in [3.8, 4) is 5.69 Å². The van der Waals surface area contributed by atoms with Gasteiger partial charge in [0.15, 0.2) is 5.43 Å². The first-order valence-corrected chi connectivity index (χ1v) is 7.89. The van der Waals surface area contributed by atoms with E-state index in [1.807, 2.05) is 22.8 Å². The van der Waals surface area contributed by atoms with E-state index in [4.69, 9.17) is 23.2 Å². The molecule has 2 heterocycles. The summed E-state index contributed by atoms with van der Waals surface area (Å²) in [5, 5.41) is 1.77. The van der Waals surface area contributed by atoms with E-state index in [9.17, 15) is 4.79 Å². The van der Waals surface area contributed by atoms with Crippen LogP contribution in [0.2, 0.25) is 10.0 Å². The summed E-state index contributed by atoms with van der Waals surface area (Å²) in [6.45, 7) is 0. The van der Waals surface area contributed by atoms with E-state index in [1.165, 1.54) is 0 Å². The van der Waals surface area contributed by atoms with Crippen molar-refractivity contribution >= 4 is 34.2 Å². The number of fused-ring (bicyclic) bond motifs is 2. The van der Waals surface area contributed by atoms with E-state index in [1.54, 1.807) is 18.3 Å². The highest BCUT2D eigenvalue weighted by Crippen LogP contribution is 2.29. The van der Waals surface area contributed by atoms with Crippen LogP contribution in [-0.2, 0) is 12.8 Å². The van der Waals surface area contributed by atoms with Crippen LogP contribution in [-0.4, -0.2) is 9.55 Å². The highest BCUT2D eigenvalue weighted by molar-refractivity contribution is 6.34. The summed E-state index contributed by atoms with van der Waals surface area (Å²) in [5.41, 5.74) is 3.51. The Balaban J connectivity index is 2.18. The number of aromatic nitrogens is 2.